The Morgan fingerprint density at radius 3 is 2.50 bits per heavy atom. The Kier molecular flexibility index (Phi) is 6.66. The molecule has 2 saturated heterocycles. The van der Waals surface area contributed by atoms with E-state index in [0.717, 1.165) is 20.9 Å². The number of benzene rings is 2. The van der Waals surface area contributed by atoms with Crippen molar-refractivity contribution < 1.29 is 18.1 Å². The first-order valence-corrected chi connectivity index (χ1v) is 14.1. The maximum atomic E-state index is 13.3. The number of anilines is 1. The fourth-order valence-corrected chi connectivity index (χ4v) is 7.32. The number of hydrogen-bond donors (Lipinski definition) is 0. The SMILES string of the molecule is Cc1ccc(S(=O)(=O)N2CCCC(C(=O)N3CCN(c4nc5ccc([N+](=O)[O-])cc5s4)CC3)C2)cc1. The number of carbonyl (C=O) groups is 1. The number of fused-ring (bicyclic) bond motifs is 1. The van der Waals surface area contributed by atoms with Gasteiger partial charge in [0, 0.05) is 51.4 Å². The molecule has 12 heteroatoms. The second-order valence-corrected chi connectivity index (χ2v) is 12.2. The summed E-state index contributed by atoms with van der Waals surface area (Å²) in [4.78, 5) is 32.7. The highest BCUT2D eigenvalue weighted by molar-refractivity contribution is 7.89. The minimum atomic E-state index is -3.64. The zero-order chi connectivity index (χ0) is 25.4. The van der Waals surface area contributed by atoms with E-state index in [2.05, 4.69) is 9.88 Å². The number of sulfonamides is 1. The van der Waals surface area contributed by atoms with Gasteiger partial charge in [-0.15, -0.1) is 0 Å². The molecule has 2 aliphatic heterocycles. The van der Waals surface area contributed by atoms with Gasteiger partial charge in [0.15, 0.2) is 5.13 Å². The van der Waals surface area contributed by atoms with Crippen molar-refractivity contribution in [2.45, 2.75) is 24.7 Å². The predicted molar refractivity (Wildman–Crippen MR) is 138 cm³/mol. The number of thiazole rings is 1. The van der Waals surface area contributed by atoms with Gasteiger partial charge in [-0.05, 0) is 38.0 Å². The second kappa shape index (κ2) is 9.75. The van der Waals surface area contributed by atoms with E-state index in [0.29, 0.717) is 45.6 Å². The van der Waals surface area contributed by atoms with Crippen LogP contribution in [0.2, 0.25) is 0 Å². The quantitative estimate of drug-likeness (QED) is 0.368. The van der Waals surface area contributed by atoms with Gasteiger partial charge in [0.25, 0.3) is 5.69 Å². The molecule has 3 aromatic rings. The van der Waals surface area contributed by atoms with Gasteiger partial charge in [0.1, 0.15) is 0 Å². The molecule has 3 heterocycles. The van der Waals surface area contributed by atoms with Crippen LogP contribution in [0.4, 0.5) is 10.8 Å². The van der Waals surface area contributed by atoms with E-state index < -0.39 is 14.9 Å². The lowest BCUT2D eigenvalue weighted by atomic mass is 9.98. The van der Waals surface area contributed by atoms with Gasteiger partial charge >= 0.3 is 0 Å². The van der Waals surface area contributed by atoms with Gasteiger partial charge in [-0.2, -0.15) is 4.31 Å². The van der Waals surface area contributed by atoms with Crippen molar-refractivity contribution in [2.75, 3.05) is 44.2 Å². The average molecular weight is 530 g/mol. The molecule has 2 fully saturated rings. The third kappa shape index (κ3) is 4.80. The molecule has 1 amide bonds. The zero-order valence-electron chi connectivity index (χ0n) is 19.9. The van der Waals surface area contributed by atoms with Crippen molar-refractivity contribution in [1.82, 2.24) is 14.2 Å². The Hall–Kier alpha value is -3.09. The van der Waals surface area contributed by atoms with Crippen molar-refractivity contribution in [1.29, 1.82) is 0 Å². The lowest BCUT2D eigenvalue weighted by Crippen LogP contribution is -2.53. The molecule has 190 valence electrons. The number of piperazine rings is 1. The van der Waals surface area contributed by atoms with E-state index in [1.807, 2.05) is 11.8 Å². The Bertz CT molecular complexity index is 1400. The molecule has 0 radical (unpaired) electrons. The smallest absolute Gasteiger partial charge is 0.270 e. The summed E-state index contributed by atoms with van der Waals surface area (Å²) >= 11 is 1.41. The predicted octanol–water partition coefficient (Wildman–Crippen LogP) is 3.26. The maximum absolute atomic E-state index is 13.3. The number of piperidine rings is 1. The molecule has 1 atom stereocenters. The largest absolute Gasteiger partial charge is 0.345 e. The number of nitro benzene ring substituents is 1. The number of hydrogen-bond acceptors (Lipinski definition) is 8. The number of nitro groups is 1. The average Bonchev–Trinajstić information content (AvgIpc) is 3.32. The van der Waals surface area contributed by atoms with E-state index in [-0.39, 0.29) is 29.0 Å². The van der Waals surface area contributed by atoms with Crippen molar-refractivity contribution >= 4 is 48.3 Å². The third-order valence-electron chi connectivity index (χ3n) is 6.83. The zero-order valence-corrected chi connectivity index (χ0v) is 21.5. The minimum absolute atomic E-state index is 0.00150. The number of aromatic nitrogens is 1. The number of aryl methyl sites for hydroxylation is 1. The number of nitrogens with zero attached hydrogens (tertiary/aromatic N) is 5. The van der Waals surface area contributed by atoms with Gasteiger partial charge in [-0.25, -0.2) is 13.4 Å². The molecule has 5 rings (SSSR count). The van der Waals surface area contributed by atoms with Crippen LogP contribution in [0.5, 0.6) is 0 Å². The Labute approximate surface area is 213 Å². The van der Waals surface area contributed by atoms with Crippen molar-refractivity contribution in [3.63, 3.8) is 0 Å². The summed E-state index contributed by atoms with van der Waals surface area (Å²) in [5.74, 6) is -0.355. The molecule has 0 saturated carbocycles. The highest BCUT2D eigenvalue weighted by Gasteiger charge is 2.36. The summed E-state index contributed by atoms with van der Waals surface area (Å²) in [6.07, 6.45) is 1.33. The van der Waals surface area contributed by atoms with Crippen LogP contribution in [0.25, 0.3) is 10.2 Å². The first kappa shape index (κ1) is 24.6. The molecule has 2 aromatic carbocycles. The van der Waals surface area contributed by atoms with Crippen molar-refractivity contribution in [3.05, 3.63) is 58.1 Å². The highest BCUT2D eigenvalue weighted by Crippen LogP contribution is 2.32. The fourth-order valence-electron chi connectivity index (χ4n) is 4.75. The molecule has 0 spiro atoms. The van der Waals surface area contributed by atoms with Crippen LogP contribution in [-0.2, 0) is 14.8 Å². The lowest BCUT2D eigenvalue weighted by molar-refractivity contribution is -0.384. The molecule has 2 aliphatic rings. The highest BCUT2D eigenvalue weighted by atomic mass is 32.2. The lowest BCUT2D eigenvalue weighted by Gasteiger charge is -2.38. The van der Waals surface area contributed by atoms with Crippen molar-refractivity contribution in [3.8, 4) is 0 Å². The van der Waals surface area contributed by atoms with Gasteiger partial charge in [-0.1, -0.05) is 29.0 Å². The summed E-state index contributed by atoms with van der Waals surface area (Å²) in [6, 6.07) is 11.5. The maximum Gasteiger partial charge on any atom is 0.270 e. The molecular formula is C24H27N5O5S2. The fraction of sp³-hybridized carbons (Fsp3) is 0.417. The summed E-state index contributed by atoms with van der Waals surface area (Å²) in [5.41, 5.74) is 1.75. The van der Waals surface area contributed by atoms with E-state index in [1.54, 1.807) is 30.3 Å². The monoisotopic (exact) mass is 529 g/mol. The minimum Gasteiger partial charge on any atom is -0.345 e. The van der Waals surface area contributed by atoms with Crippen molar-refractivity contribution in [2.24, 2.45) is 5.92 Å². The summed E-state index contributed by atoms with van der Waals surface area (Å²) in [5, 5.41) is 11.8. The number of non-ortho nitro benzene ring substituents is 1. The van der Waals surface area contributed by atoms with Crippen LogP contribution in [0.1, 0.15) is 18.4 Å². The molecule has 0 N–H and O–H groups in total. The van der Waals surface area contributed by atoms with Gasteiger partial charge < -0.3 is 9.80 Å². The normalized spacial score (nSPS) is 19.5. The summed E-state index contributed by atoms with van der Waals surface area (Å²) in [7, 11) is -3.64. The molecule has 10 nitrogen and oxygen atoms in total. The van der Waals surface area contributed by atoms with Crippen LogP contribution in [0, 0.1) is 23.0 Å². The Morgan fingerprint density at radius 2 is 1.81 bits per heavy atom. The number of rotatable bonds is 5. The van der Waals surface area contributed by atoms with Crippen LogP contribution in [0.3, 0.4) is 0 Å². The molecule has 0 aliphatic carbocycles. The third-order valence-corrected chi connectivity index (χ3v) is 9.78. The molecule has 1 aromatic heterocycles. The molecule has 0 bridgehead atoms. The van der Waals surface area contributed by atoms with E-state index in [9.17, 15) is 23.3 Å². The van der Waals surface area contributed by atoms with Crippen LogP contribution >= 0.6 is 11.3 Å². The van der Waals surface area contributed by atoms with Gasteiger partial charge in [0.2, 0.25) is 15.9 Å². The first-order valence-electron chi connectivity index (χ1n) is 11.9. The number of carbonyl (C=O) groups excluding carboxylic acids is 1. The molecular weight excluding hydrogens is 502 g/mol. The van der Waals surface area contributed by atoms with Crippen LogP contribution in [0.15, 0.2) is 47.4 Å². The van der Waals surface area contributed by atoms with E-state index in [1.165, 1.54) is 27.8 Å². The number of amides is 1. The van der Waals surface area contributed by atoms with Gasteiger partial charge in [-0.3, -0.25) is 14.9 Å². The van der Waals surface area contributed by atoms with E-state index in [4.69, 9.17) is 0 Å². The first-order chi connectivity index (χ1) is 17.2. The summed E-state index contributed by atoms with van der Waals surface area (Å²) < 4.78 is 28.5. The Balaban J connectivity index is 1.22. The topological polar surface area (TPSA) is 117 Å². The molecule has 1 unspecified atom stereocenters. The summed E-state index contributed by atoms with van der Waals surface area (Å²) in [6.45, 7) is 4.79. The van der Waals surface area contributed by atoms with Crippen LogP contribution < -0.4 is 4.90 Å². The van der Waals surface area contributed by atoms with Gasteiger partial charge in [0.05, 0.1) is 26.0 Å². The van der Waals surface area contributed by atoms with Crippen LogP contribution in [-0.4, -0.2) is 72.7 Å². The van der Waals surface area contributed by atoms with E-state index >= 15 is 0 Å². The standard InChI is InChI=1S/C24H27N5O5S2/c1-17-4-7-20(8-5-17)36(33,34)28-10-2-3-18(16-28)23(30)26-11-13-27(14-12-26)24-25-21-9-6-19(29(31)32)15-22(21)35-24/h4-9,15,18H,2-3,10-14,16H2,1H3. The second-order valence-electron chi connectivity index (χ2n) is 9.23. The molecule has 36 heavy (non-hydrogen) atoms. The Morgan fingerprint density at radius 1 is 1.08 bits per heavy atom.